The summed E-state index contributed by atoms with van der Waals surface area (Å²) in [6.45, 7) is 0. The largest absolute Gasteiger partial charge is 0.465 e. The van der Waals surface area contributed by atoms with E-state index in [1.165, 1.54) is 43.6 Å². The monoisotopic (exact) mass is 313 g/mol. The predicted octanol–water partition coefficient (Wildman–Crippen LogP) is 2.00. The van der Waals surface area contributed by atoms with Gasteiger partial charge in [-0.15, -0.1) is 0 Å². The number of carbonyl (C=O) groups is 2. The number of amides is 1. The van der Waals surface area contributed by atoms with E-state index in [9.17, 15) is 14.0 Å². The van der Waals surface area contributed by atoms with E-state index in [0.29, 0.717) is 0 Å². The molecule has 0 aliphatic heterocycles. The molecule has 0 fully saturated rings. The predicted molar refractivity (Wildman–Crippen MR) is 77.8 cm³/mol. The van der Waals surface area contributed by atoms with Gasteiger partial charge in [-0.05, 0) is 18.2 Å². The average molecular weight is 313 g/mol. The minimum atomic E-state index is -1.15. The molecular weight excluding hydrogens is 301 g/mol. The number of methoxy groups -OCH3 is 1. The third-order valence-corrected chi connectivity index (χ3v) is 3.04. The number of carbonyl (C=O) groups excluding carboxylic acids is 2. The van der Waals surface area contributed by atoms with Crippen molar-refractivity contribution < 1.29 is 18.7 Å². The standard InChI is InChI=1S/C16H12FN3O3/c1-23-16(22)10-6-7-13(19-9-10)15(21)20-14(8-18)11-4-2-3-5-12(11)17/h2-7,9,14H,1H3,(H,20,21)/t14-/m0/s1. The fraction of sp³-hybridized carbons (Fsp3) is 0.125. The van der Waals surface area contributed by atoms with E-state index in [0.717, 1.165) is 0 Å². The number of esters is 1. The van der Waals surface area contributed by atoms with E-state index in [4.69, 9.17) is 5.26 Å². The van der Waals surface area contributed by atoms with Crippen LogP contribution in [-0.2, 0) is 4.74 Å². The number of nitrogens with zero attached hydrogens (tertiary/aromatic N) is 2. The average Bonchev–Trinajstić information content (AvgIpc) is 2.59. The molecule has 0 saturated carbocycles. The van der Waals surface area contributed by atoms with Gasteiger partial charge in [0.25, 0.3) is 5.91 Å². The Morgan fingerprint density at radius 2 is 2.04 bits per heavy atom. The number of hydrogen-bond acceptors (Lipinski definition) is 5. The number of hydrogen-bond donors (Lipinski definition) is 1. The zero-order chi connectivity index (χ0) is 16.8. The van der Waals surface area contributed by atoms with Crippen LogP contribution in [0.15, 0.2) is 42.6 Å². The van der Waals surface area contributed by atoms with E-state index in [1.807, 2.05) is 6.07 Å². The van der Waals surface area contributed by atoms with Gasteiger partial charge in [-0.25, -0.2) is 9.18 Å². The molecule has 1 amide bonds. The maximum Gasteiger partial charge on any atom is 0.339 e. The summed E-state index contributed by atoms with van der Waals surface area (Å²) < 4.78 is 18.2. The van der Waals surface area contributed by atoms with Gasteiger partial charge in [0.15, 0.2) is 0 Å². The van der Waals surface area contributed by atoms with Crippen LogP contribution in [0.5, 0.6) is 0 Å². The maximum atomic E-state index is 13.7. The van der Waals surface area contributed by atoms with Crippen LogP contribution in [0.25, 0.3) is 0 Å². The first kappa shape index (κ1) is 16.1. The normalized spacial score (nSPS) is 11.2. The maximum absolute atomic E-state index is 13.7. The Bertz CT molecular complexity index is 769. The molecular formula is C16H12FN3O3. The van der Waals surface area contributed by atoms with Crippen molar-refractivity contribution in [3.05, 3.63) is 65.2 Å². The number of nitrogens with one attached hydrogen (secondary N) is 1. The Balaban J connectivity index is 2.16. The van der Waals surface area contributed by atoms with Gasteiger partial charge in [0.05, 0.1) is 18.7 Å². The van der Waals surface area contributed by atoms with Crippen LogP contribution in [0.2, 0.25) is 0 Å². The Labute approximate surface area is 131 Å². The lowest BCUT2D eigenvalue weighted by atomic mass is 10.1. The van der Waals surface area contributed by atoms with Crippen molar-refractivity contribution in [1.82, 2.24) is 10.3 Å². The summed E-state index contributed by atoms with van der Waals surface area (Å²) in [5, 5.41) is 11.5. The highest BCUT2D eigenvalue weighted by atomic mass is 19.1. The highest BCUT2D eigenvalue weighted by molar-refractivity contribution is 5.94. The zero-order valence-corrected chi connectivity index (χ0v) is 12.1. The van der Waals surface area contributed by atoms with Gasteiger partial charge in [0.1, 0.15) is 17.6 Å². The number of ether oxygens (including phenoxy) is 1. The van der Waals surface area contributed by atoms with Crippen molar-refractivity contribution in [3.63, 3.8) is 0 Å². The lowest BCUT2D eigenvalue weighted by Gasteiger charge is -2.12. The van der Waals surface area contributed by atoms with E-state index >= 15 is 0 Å². The van der Waals surface area contributed by atoms with Crippen molar-refractivity contribution >= 4 is 11.9 Å². The molecule has 0 spiro atoms. The molecule has 1 heterocycles. The fourth-order valence-corrected chi connectivity index (χ4v) is 1.86. The quantitative estimate of drug-likeness (QED) is 0.872. The number of halogens is 1. The van der Waals surface area contributed by atoms with E-state index in [2.05, 4.69) is 15.0 Å². The second-order valence-electron chi connectivity index (χ2n) is 4.48. The van der Waals surface area contributed by atoms with Gasteiger partial charge in [0.2, 0.25) is 0 Å². The Morgan fingerprint density at radius 3 is 2.61 bits per heavy atom. The SMILES string of the molecule is COC(=O)c1ccc(C(=O)N[C@@H](C#N)c2ccccc2F)nc1. The molecule has 2 aromatic rings. The fourth-order valence-electron chi connectivity index (χ4n) is 1.86. The van der Waals surface area contributed by atoms with Gasteiger partial charge < -0.3 is 10.1 Å². The van der Waals surface area contributed by atoms with Crippen LogP contribution in [0.4, 0.5) is 4.39 Å². The molecule has 2 rings (SSSR count). The number of nitriles is 1. The second kappa shape index (κ2) is 7.13. The molecule has 1 aromatic heterocycles. The molecule has 7 heteroatoms. The lowest BCUT2D eigenvalue weighted by molar-refractivity contribution is 0.0599. The minimum absolute atomic E-state index is 0.00533. The first-order valence-corrected chi connectivity index (χ1v) is 6.56. The first-order chi connectivity index (χ1) is 11.1. The molecule has 23 heavy (non-hydrogen) atoms. The Kier molecular flexibility index (Phi) is 5.00. The van der Waals surface area contributed by atoms with Crippen molar-refractivity contribution in [3.8, 4) is 6.07 Å². The van der Waals surface area contributed by atoms with Gasteiger partial charge in [0, 0.05) is 11.8 Å². The smallest absolute Gasteiger partial charge is 0.339 e. The molecule has 0 saturated heterocycles. The van der Waals surface area contributed by atoms with Gasteiger partial charge >= 0.3 is 5.97 Å². The van der Waals surface area contributed by atoms with Gasteiger partial charge in [-0.2, -0.15) is 5.26 Å². The molecule has 0 unspecified atom stereocenters. The Hall–Kier alpha value is -3.27. The number of benzene rings is 1. The van der Waals surface area contributed by atoms with Crippen molar-refractivity contribution in [2.24, 2.45) is 0 Å². The summed E-state index contributed by atoms with van der Waals surface area (Å²) in [6.07, 6.45) is 1.19. The Morgan fingerprint density at radius 1 is 1.30 bits per heavy atom. The topological polar surface area (TPSA) is 92.1 Å². The molecule has 1 aromatic carbocycles. The van der Waals surface area contributed by atoms with E-state index in [-0.39, 0.29) is 16.8 Å². The third kappa shape index (κ3) is 3.68. The molecule has 0 radical (unpaired) electrons. The second-order valence-corrected chi connectivity index (χ2v) is 4.48. The first-order valence-electron chi connectivity index (χ1n) is 6.56. The molecule has 6 nitrogen and oxygen atoms in total. The van der Waals surface area contributed by atoms with Gasteiger partial charge in [-0.3, -0.25) is 9.78 Å². The molecule has 0 bridgehead atoms. The van der Waals surface area contributed by atoms with Crippen LogP contribution in [0, 0.1) is 17.1 Å². The van der Waals surface area contributed by atoms with Crippen LogP contribution in [-0.4, -0.2) is 24.0 Å². The summed E-state index contributed by atoms with van der Waals surface area (Å²) >= 11 is 0. The highest BCUT2D eigenvalue weighted by Crippen LogP contribution is 2.16. The lowest BCUT2D eigenvalue weighted by Crippen LogP contribution is -2.29. The molecule has 0 aliphatic carbocycles. The van der Waals surface area contributed by atoms with Crippen molar-refractivity contribution in [2.75, 3.05) is 7.11 Å². The highest BCUT2D eigenvalue weighted by Gasteiger charge is 2.19. The minimum Gasteiger partial charge on any atom is -0.465 e. The van der Waals surface area contributed by atoms with E-state index < -0.39 is 23.7 Å². The van der Waals surface area contributed by atoms with Crippen molar-refractivity contribution in [2.45, 2.75) is 6.04 Å². The summed E-state index contributed by atoms with van der Waals surface area (Å²) in [5.41, 5.74) is 0.249. The summed E-state index contributed by atoms with van der Waals surface area (Å²) in [6, 6.07) is 9.04. The van der Waals surface area contributed by atoms with Crippen LogP contribution in [0.3, 0.4) is 0 Å². The third-order valence-electron chi connectivity index (χ3n) is 3.04. The molecule has 1 N–H and O–H groups in total. The molecule has 116 valence electrons. The van der Waals surface area contributed by atoms with E-state index in [1.54, 1.807) is 6.07 Å². The number of rotatable bonds is 4. The molecule has 0 aliphatic rings. The molecule has 1 atom stereocenters. The van der Waals surface area contributed by atoms with Crippen LogP contribution in [0.1, 0.15) is 32.5 Å². The summed E-state index contributed by atoms with van der Waals surface area (Å²) in [5.74, 6) is -1.82. The summed E-state index contributed by atoms with van der Waals surface area (Å²) in [4.78, 5) is 27.2. The van der Waals surface area contributed by atoms with Crippen LogP contribution >= 0.6 is 0 Å². The number of aromatic nitrogens is 1. The number of pyridine rings is 1. The zero-order valence-electron chi connectivity index (χ0n) is 12.1. The van der Waals surface area contributed by atoms with Crippen LogP contribution < -0.4 is 5.32 Å². The van der Waals surface area contributed by atoms with Crippen molar-refractivity contribution in [1.29, 1.82) is 5.26 Å². The summed E-state index contributed by atoms with van der Waals surface area (Å²) in [7, 11) is 1.23. The van der Waals surface area contributed by atoms with Gasteiger partial charge in [-0.1, -0.05) is 18.2 Å².